The van der Waals surface area contributed by atoms with E-state index in [0.717, 1.165) is 11.4 Å². The molecule has 0 heterocycles. The van der Waals surface area contributed by atoms with Crippen LogP contribution in [0.2, 0.25) is 11.0 Å². The Kier molecular flexibility index (Phi) is 7.76. The maximum atomic E-state index is 4.27. The molecule has 0 unspecified atom stereocenters. The van der Waals surface area contributed by atoms with Crippen molar-refractivity contribution >= 4 is 35.1 Å². The van der Waals surface area contributed by atoms with Gasteiger partial charge >= 0.3 is 28.4 Å². The Morgan fingerprint density at radius 1 is 0.889 bits per heavy atom. The van der Waals surface area contributed by atoms with E-state index in [0.29, 0.717) is 17.4 Å². The van der Waals surface area contributed by atoms with Gasteiger partial charge in [-0.3, -0.25) is 0 Å². The number of nitrogens with one attached hydrogen (secondary N) is 1. The first-order valence-electron chi connectivity index (χ1n) is 6.00. The van der Waals surface area contributed by atoms with E-state index in [-0.39, 0.29) is 0 Å². The molecule has 0 atom stereocenters. The third-order valence-electron chi connectivity index (χ3n) is 1.97. The zero-order valence-corrected chi connectivity index (χ0v) is 13.3. The van der Waals surface area contributed by atoms with Crippen molar-refractivity contribution in [3.63, 3.8) is 0 Å². The summed E-state index contributed by atoms with van der Waals surface area (Å²) in [6.07, 6.45) is 1.70. The molecule has 1 N–H and O–H groups in total. The summed E-state index contributed by atoms with van der Waals surface area (Å²) in [5.74, 6) is 0. The zero-order valence-electron chi connectivity index (χ0n) is 10.9. The fourth-order valence-electron chi connectivity index (χ4n) is 1.23. The van der Waals surface area contributed by atoms with Gasteiger partial charge in [-0.05, 0) is 24.3 Å². The second-order valence-corrected chi connectivity index (χ2v) is 6.10. The first-order chi connectivity index (χ1) is 8.86. The van der Waals surface area contributed by atoms with Crippen LogP contribution in [0.3, 0.4) is 0 Å². The molecule has 0 bridgehead atoms. The van der Waals surface area contributed by atoms with E-state index in [4.69, 9.17) is 0 Å². The van der Waals surface area contributed by atoms with Crippen molar-refractivity contribution in [1.82, 2.24) is 0 Å². The summed E-state index contributed by atoms with van der Waals surface area (Å²) in [7, 11) is 0. The quantitative estimate of drug-likeness (QED) is 0.511. The van der Waals surface area contributed by atoms with Gasteiger partial charge < -0.3 is 5.32 Å². The van der Waals surface area contributed by atoms with Crippen molar-refractivity contribution in [1.29, 1.82) is 0 Å². The molecule has 0 aliphatic carbocycles. The minimum atomic E-state index is 0.312. The molecule has 0 saturated carbocycles. The summed E-state index contributed by atoms with van der Waals surface area (Å²) < 4.78 is 0. The average Bonchev–Trinajstić information content (AvgIpc) is 2.42. The Labute approximate surface area is 117 Å². The average molecular weight is 296 g/mol. The molecule has 0 aliphatic rings. The van der Waals surface area contributed by atoms with Gasteiger partial charge in [0.05, 0.1) is 12.0 Å². The van der Waals surface area contributed by atoms with Gasteiger partial charge in [0.1, 0.15) is 0 Å². The van der Waals surface area contributed by atoms with Crippen LogP contribution in [-0.4, -0.2) is 23.7 Å². The van der Waals surface area contributed by atoms with Crippen LogP contribution < -0.4 is 5.32 Å². The molecule has 0 amide bonds. The van der Waals surface area contributed by atoms with Gasteiger partial charge in [0, 0.05) is 5.69 Å². The minimum absolute atomic E-state index is 0.312. The fraction of sp³-hybridized carbons (Fsp3) is 0.133. The summed E-state index contributed by atoms with van der Waals surface area (Å²) in [6, 6.07) is 19.8. The van der Waals surface area contributed by atoms with Gasteiger partial charge in [-0.2, -0.15) is 0 Å². The summed E-state index contributed by atoms with van der Waals surface area (Å²) in [5.41, 5.74) is 6.55. The molecule has 3 heteroatoms. The van der Waals surface area contributed by atoms with Gasteiger partial charge in [-0.15, -0.1) is 0 Å². The molecule has 0 aromatic heterocycles. The topological polar surface area (TPSA) is 24.4 Å². The molecule has 91 valence electrons. The Bertz CT molecular complexity index is 441. The molecule has 0 spiro atoms. The number of aliphatic imine (C=N–C) groups is 1. The number of benzene rings is 2. The Balaban J connectivity index is 0.000000492. The monoisotopic (exact) mass is 295 g/mol. The number of para-hydroxylation sites is 2. The van der Waals surface area contributed by atoms with E-state index in [1.165, 1.54) is 0 Å². The van der Waals surface area contributed by atoms with E-state index in [1.54, 1.807) is 6.34 Å². The number of hydrogen-bond donors (Lipinski definition) is 1. The molecule has 0 saturated heterocycles. The van der Waals surface area contributed by atoms with Gasteiger partial charge in [-0.25, -0.2) is 4.99 Å². The SMILES string of the molecule is C(=Nc1ccccc1)Nc1ccccc1.[CH3][Ga][CH3]. The molecule has 2 aromatic carbocycles. The summed E-state index contributed by atoms with van der Waals surface area (Å²) in [6.45, 7) is 0. The van der Waals surface area contributed by atoms with Gasteiger partial charge in [-0.1, -0.05) is 36.4 Å². The van der Waals surface area contributed by atoms with Gasteiger partial charge in [0.25, 0.3) is 0 Å². The van der Waals surface area contributed by atoms with E-state index in [9.17, 15) is 0 Å². The second-order valence-electron chi connectivity index (χ2n) is 3.68. The molecule has 2 nitrogen and oxygen atoms in total. The second kappa shape index (κ2) is 9.56. The standard InChI is InChI=1S/C13H12N2.2CH3.Ga/c1-3-7-12(8-4-1)14-11-15-13-9-5-2-6-10-13;;;/h1-11H,(H,14,15);2*1H3;. The Morgan fingerprint density at radius 3 is 1.94 bits per heavy atom. The van der Waals surface area contributed by atoms with Crippen LogP contribution in [0, 0.1) is 0 Å². The van der Waals surface area contributed by atoms with Crippen molar-refractivity contribution in [3.8, 4) is 0 Å². The summed E-state index contributed by atoms with van der Waals surface area (Å²) in [5, 5.41) is 3.10. The van der Waals surface area contributed by atoms with Gasteiger partial charge in [0.2, 0.25) is 0 Å². The van der Waals surface area contributed by atoms with Crippen molar-refractivity contribution in [2.75, 3.05) is 5.32 Å². The Morgan fingerprint density at radius 2 is 1.39 bits per heavy atom. The predicted octanol–water partition coefficient (Wildman–Crippen LogP) is 4.25. The van der Waals surface area contributed by atoms with E-state index in [1.807, 2.05) is 60.7 Å². The molecule has 18 heavy (non-hydrogen) atoms. The van der Waals surface area contributed by atoms with Gasteiger partial charge in [0.15, 0.2) is 0 Å². The van der Waals surface area contributed by atoms with E-state index >= 15 is 0 Å². The fourth-order valence-corrected chi connectivity index (χ4v) is 1.23. The van der Waals surface area contributed by atoms with Crippen molar-refractivity contribution in [3.05, 3.63) is 60.7 Å². The van der Waals surface area contributed by atoms with Crippen molar-refractivity contribution < 1.29 is 0 Å². The molecular weight excluding hydrogens is 278 g/mol. The first-order valence-corrected chi connectivity index (χ1v) is 10.8. The molecule has 1 radical (unpaired) electrons. The van der Waals surface area contributed by atoms with Crippen LogP contribution in [0.25, 0.3) is 0 Å². The molecule has 2 aromatic rings. The normalized spacial score (nSPS) is 9.44. The van der Waals surface area contributed by atoms with Crippen LogP contribution >= 0.6 is 0 Å². The summed E-state index contributed by atoms with van der Waals surface area (Å²) >= 11 is 0.312. The zero-order chi connectivity index (χ0) is 13.1. The van der Waals surface area contributed by atoms with Crippen LogP contribution in [0.1, 0.15) is 0 Å². The van der Waals surface area contributed by atoms with E-state index in [2.05, 4.69) is 21.3 Å². The maximum absolute atomic E-state index is 4.27. The molecule has 0 aliphatic heterocycles. The summed E-state index contributed by atoms with van der Waals surface area (Å²) in [4.78, 5) is 4.27. The Hall–Kier alpha value is -1.45. The molecule has 2 rings (SSSR count). The number of anilines is 1. The number of rotatable bonds is 3. The van der Waals surface area contributed by atoms with Crippen LogP contribution in [0.4, 0.5) is 11.4 Å². The predicted molar refractivity (Wildman–Crippen MR) is 82.1 cm³/mol. The molecule has 0 fully saturated rings. The first kappa shape index (κ1) is 14.6. The molecular formula is C15H18GaN2. The van der Waals surface area contributed by atoms with Crippen LogP contribution in [0.15, 0.2) is 65.7 Å². The number of nitrogens with zero attached hydrogens (tertiary/aromatic N) is 1. The third kappa shape index (κ3) is 6.32. The van der Waals surface area contributed by atoms with Crippen molar-refractivity contribution in [2.45, 2.75) is 11.0 Å². The van der Waals surface area contributed by atoms with E-state index < -0.39 is 0 Å². The third-order valence-corrected chi connectivity index (χ3v) is 1.97. The van der Waals surface area contributed by atoms with Crippen LogP contribution in [0.5, 0.6) is 0 Å². The van der Waals surface area contributed by atoms with Crippen LogP contribution in [-0.2, 0) is 0 Å². The number of hydrogen-bond acceptors (Lipinski definition) is 1. The van der Waals surface area contributed by atoms with Crippen molar-refractivity contribution in [2.24, 2.45) is 4.99 Å².